The molecule has 0 aliphatic heterocycles. The van der Waals surface area contributed by atoms with Crippen LogP contribution in [0.1, 0.15) is 6.92 Å². The maximum Gasteiger partial charge on any atom is 0.328 e. The summed E-state index contributed by atoms with van der Waals surface area (Å²) in [6.07, 6.45) is 6.84. The zero-order chi connectivity index (χ0) is 8.53. The van der Waals surface area contributed by atoms with Gasteiger partial charge in [-0.1, -0.05) is 18.2 Å². The van der Waals surface area contributed by atoms with Gasteiger partial charge in [-0.15, -0.1) is 0 Å². The molecular formula is C8H12O2S. The standard InChI is InChI=1S/C8H12O2S/c1-2-3-6-11-7-4-5-8(9)10/h2-5H,6-7H2,1H3,(H,9,10). The van der Waals surface area contributed by atoms with Crippen LogP contribution in [-0.4, -0.2) is 22.6 Å². The van der Waals surface area contributed by atoms with Crippen LogP contribution < -0.4 is 0 Å². The van der Waals surface area contributed by atoms with E-state index in [2.05, 4.69) is 0 Å². The molecule has 0 fully saturated rings. The Hall–Kier alpha value is -0.700. The van der Waals surface area contributed by atoms with Crippen LogP contribution >= 0.6 is 11.8 Å². The van der Waals surface area contributed by atoms with Crippen molar-refractivity contribution in [1.29, 1.82) is 0 Å². The van der Waals surface area contributed by atoms with Gasteiger partial charge in [-0.25, -0.2) is 4.79 Å². The fraction of sp³-hybridized carbons (Fsp3) is 0.375. The molecule has 0 aromatic rings. The second kappa shape index (κ2) is 7.41. The monoisotopic (exact) mass is 172 g/mol. The van der Waals surface area contributed by atoms with Crippen LogP contribution in [0.15, 0.2) is 24.3 Å². The maximum absolute atomic E-state index is 9.98. The van der Waals surface area contributed by atoms with E-state index in [4.69, 9.17) is 5.11 Å². The Morgan fingerprint density at radius 3 is 2.64 bits per heavy atom. The van der Waals surface area contributed by atoms with Gasteiger partial charge in [-0.3, -0.25) is 0 Å². The molecule has 0 aromatic carbocycles. The highest BCUT2D eigenvalue weighted by molar-refractivity contribution is 7.99. The highest BCUT2D eigenvalue weighted by Crippen LogP contribution is 1.99. The number of hydrogen-bond acceptors (Lipinski definition) is 2. The Bertz CT molecular complexity index is 161. The van der Waals surface area contributed by atoms with Gasteiger partial charge in [-0.05, 0) is 6.92 Å². The first-order chi connectivity index (χ1) is 5.27. The van der Waals surface area contributed by atoms with Gasteiger partial charge in [0.15, 0.2) is 0 Å². The molecule has 0 unspecified atom stereocenters. The Kier molecular flexibility index (Phi) is 6.94. The molecule has 1 N–H and O–H groups in total. The fourth-order valence-corrected chi connectivity index (χ4v) is 1.15. The van der Waals surface area contributed by atoms with Crippen LogP contribution in [-0.2, 0) is 4.79 Å². The van der Waals surface area contributed by atoms with Crippen molar-refractivity contribution >= 4 is 17.7 Å². The number of aliphatic carboxylic acids is 1. The number of carbonyl (C=O) groups is 1. The molecule has 11 heavy (non-hydrogen) atoms. The smallest absolute Gasteiger partial charge is 0.328 e. The number of thioether (sulfide) groups is 1. The summed E-state index contributed by atoms with van der Waals surface area (Å²) in [6.45, 7) is 1.97. The van der Waals surface area contributed by atoms with Gasteiger partial charge in [-0.2, -0.15) is 11.8 Å². The molecule has 0 rings (SSSR count). The first-order valence-electron chi connectivity index (χ1n) is 3.35. The first kappa shape index (κ1) is 10.3. The highest BCUT2D eigenvalue weighted by atomic mass is 32.2. The third-order valence-electron chi connectivity index (χ3n) is 0.924. The SMILES string of the molecule is CC=CCSCC=CC(=O)O. The predicted octanol–water partition coefficient (Wildman–Crippen LogP) is 1.94. The lowest BCUT2D eigenvalue weighted by Gasteiger charge is -1.88. The van der Waals surface area contributed by atoms with E-state index in [0.29, 0.717) is 0 Å². The molecule has 0 amide bonds. The largest absolute Gasteiger partial charge is 0.478 e. The van der Waals surface area contributed by atoms with Crippen LogP contribution in [0.3, 0.4) is 0 Å². The van der Waals surface area contributed by atoms with Gasteiger partial charge in [0.2, 0.25) is 0 Å². The van der Waals surface area contributed by atoms with Crippen molar-refractivity contribution in [3.63, 3.8) is 0 Å². The van der Waals surface area contributed by atoms with E-state index in [1.807, 2.05) is 19.1 Å². The maximum atomic E-state index is 9.98. The van der Waals surface area contributed by atoms with Crippen molar-refractivity contribution in [3.05, 3.63) is 24.3 Å². The average Bonchev–Trinajstić information content (AvgIpc) is 1.96. The second-order valence-corrected chi connectivity index (χ2v) is 2.92. The molecule has 62 valence electrons. The molecule has 0 heterocycles. The number of allylic oxidation sites excluding steroid dienone is 1. The molecule has 0 bridgehead atoms. The van der Waals surface area contributed by atoms with Crippen LogP contribution in [0.2, 0.25) is 0 Å². The number of carboxylic acid groups (broad SMARTS) is 1. The molecule has 0 aliphatic rings. The van der Waals surface area contributed by atoms with Gasteiger partial charge >= 0.3 is 5.97 Å². The summed E-state index contributed by atoms with van der Waals surface area (Å²) in [4.78, 5) is 9.98. The molecular weight excluding hydrogens is 160 g/mol. The normalized spacial score (nSPS) is 11.4. The lowest BCUT2D eigenvalue weighted by Crippen LogP contribution is -1.86. The van der Waals surface area contributed by atoms with E-state index in [-0.39, 0.29) is 0 Å². The molecule has 0 saturated carbocycles. The van der Waals surface area contributed by atoms with Gasteiger partial charge in [0.05, 0.1) is 0 Å². The van der Waals surface area contributed by atoms with Crippen molar-refractivity contribution in [3.8, 4) is 0 Å². The fourth-order valence-electron chi connectivity index (χ4n) is 0.449. The minimum Gasteiger partial charge on any atom is -0.478 e. The van der Waals surface area contributed by atoms with Crippen molar-refractivity contribution < 1.29 is 9.90 Å². The summed E-state index contributed by atoms with van der Waals surface area (Å²) < 4.78 is 0. The van der Waals surface area contributed by atoms with E-state index in [0.717, 1.165) is 11.5 Å². The second-order valence-electron chi connectivity index (χ2n) is 1.85. The van der Waals surface area contributed by atoms with Crippen molar-refractivity contribution in [2.24, 2.45) is 0 Å². The van der Waals surface area contributed by atoms with Gasteiger partial charge in [0.25, 0.3) is 0 Å². The Morgan fingerprint density at radius 1 is 1.45 bits per heavy atom. The van der Waals surface area contributed by atoms with Gasteiger partial charge < -0.3 is 5.11 Å². The number of rotatable bonds is 5. The van der Waals surface area contributed by atoms with E-state index in [1.165, 1.54) is 6.08 Å². The third-order valence-corrected chi connectivity index (χ3v) is 1.78. The molecule has 0 aromatic heterocycles. The van der Waals surface area contributed by atoms with Gasteiger partial charge in [0, 0.05) is 17.6 Å². The van der Waals surface area contributed by atoms with Crippen molar-refractivity contribution in [1.82, 2.24) is 0 Å². The Labute approximate surface area is 71.0 Å². The lowest BCUT2D eigenvalue weighted by atomic mass is 10.5. The predicted molar refractivity (Wildman–Crippen MR) is 48.9 cm³/mol. The minimum absolute atomic E-state index is 0.761. The lowest BCUT2D eigenvalue weighted by molar-refractivity contribution is -0.131. The van der Waals surface area contributed by atoms with Crippen LogP contribution in [0, 0.1) is 0 Å². The van der Waals surface area contributed by atoms with Crippen molar-refractivity contribution in [2.45, 2.75) is 6.92 Å². The molecule has 3 heteroatoms. The highest BCUT2D eigenvalue weighted by Gasteiger charge is 1.84. The first-order valence-corrected chi connectivity index (χ1v) is 4.51. The summed E-state index contributed by atoms with van der Waals surface area (Å²) in [5.74, 6) is 0.827. The molecule has 2 nitrogen and oxygen atoms in total. The molecule has 0 saturated heterocycles. The Balaban J connectivity index is 3.20. The molecule has 0 radical (unpaired) electrons. The van der Waals surface area contributed by atoms with Crippen molar-refractivity contribution in [2.75, 3.05) is 11.5 Å². The van der Waals surface area contributed by atoms with E-state index in [1.54, 1.807) is 17.8 Å². The molecule has 0 spiro atoms. The van der Waals surface area contributed by atoms with Crippen LogP contribution in [0.4, 0.5) is 0 Å². The zero-order valence-corrected chi connectivity index (χ0v) is 7.30. The topological polar surface area (TPSA) is 37.3 Å². The van der Waals surface area contributed by atoms with E-state index in [9.17, 15) is 4.79 Å². The summed E-state index contributed by atoms with van der Waals surface area (Å²) in [6, 6.07) is 0. The third kappa shape index (κ3) is 9.30. The average molecular weight is 172 g/mol. The number of hydrogen-bond donors (Lipinski definition) is 1. The van der Waals surface area contributed by atoms with E-state index >= 15 is 0 Å². The molecule has 0 aliphatic carbocycles. The Morgan fingerprint density at radius 2 is 2.09 bits per heavy atom. The zero-order valence-electron chi connectivity index (χ0n) is 6.49. The summed E-state index contributed by atoms with van der Waals surface area (Å²) in [7, 11) is 0. The summed E-state index contributed by atoms with van der Waals surface area (Å²) >= 11 is 1.68. The van der Waals surface area contributed by atoms with E-state index < -0.39 is 5.97 Å². The molecule has 0 atom stereocenters. The van der Waals surface area contributed by atoms with Gasteiger partial charge in [0.1, 0.15) is 0 Å². The van der Waals surface area contributed by atoms with Crippen LogP contribution in [0.25, 0.3) is 0 Å². The summed E-state index contributed by atoms with van der Waals surface area (Å²) in [5, 5.41) is 8.21. The summed E-state index contributed by atoms with van der Waals surface area (Å²) in [5.41, 5.74) is 0. The van der Waals surface area contributed by atoms with Crippen LogP contribution in [0.5, 0.6) is 0 Å². The minimum atomic E-state index is -0.878. The quantitative estimate of drug-likeness (QED) is 0.391. The number of carboxylic acids is 1.